The molecule has 2 aliphatic rings. The first-order chi connectivity index (χ1) is 10.1. The van der Waals surface area contributed by atoms with Gasteiger partial charge in [0.2, 0.25) is 11.8 Å². The van der Waals surface area contributed by atoms with Crippen LogP contribution < -0.4 is 10.6 Å². The van der Waals surface area contributed by atoms with Crippen LogP contribution in [0, 0.1) is 5.92 Å². The molecule has 110 valence electrons. The number of amides is 4. The van der Waals surface area contributed by atoms with E-state index < -0.39 is 0 Å². The van der Waals surface area contributed by atoms with Crippen LogP contribution in [0.2, 0.25) is 0 Å². The summed E-state index contributed by atoms with van der Waals surface area (Å²) in [5.41, 5.74) is 1.52. The minimum Gasteiger partial charge on any atom is -0.329 e. The summed E-state index contributed by atoms with van der Waals surface area (Å²) in [7, 11) is 0. The van der Waals surface area contributed by atoms with Crippen LogP contribution in [0.1, 0.15) is 24.8 Å². The molecule has 0 radical (unpaired) electrons. The van der Waals surface area contributed by atoms with Crippen molar-refractivity contribution in [1.29, 1.82) is 0 Å². The zero-order chi connectivity index (χ0) is 14.8. The monoisotopic (exact) mass is 287 g/mol. The summed E-state index contributed by atoms with van der Waals surface area (Å²) >= 11 is 0. The summed E-state index contributed by atoms with van der Waals surface area (Å²) in [6, 6.07) is 6.88. The van der Waals surface area contributed by atoms with E-state index in [0.717, 1.165) is 24.8 Å². The molecule has 4 amide bonds. The number of hydrogen-bond donors (Lipinski definition) is 2. The Bertz CT molecular complexity index is 580. The second kappa shape index (κ2) is 5.55. The quantitative estimate of drug-likeness (QED) is 0.823. The van der Waals surface area contributed by atoms with Crippen LogP contribution in [-0.4, -0.2) is 29.3 Å². The summed E-state index contributed by atoms with van der Waals surface area (Å²) in [6.45, 7) is 0.273. The van der Waals surface area contributed by atoms with Crippen LogP contribution in [0.4, 0.5) is 10.5 Å². The molecule has 1 aliphatic heterocycles. The molecule has 0 unspecified atom stereocenters. The van der Waals surface area contributed by atoms with Crippen LogP contribution in [-0.2, 0) is 16.1 Å². The van der Waals surface area contributed by atoms with Gasteiger partial charge in [-0.1, -0.05) is 18.6 Å². The zero-order valence-corrected chi connectivity index (χ0v) is 11.6. The molecule has 21 heavy (non-hydrogen) atoms. The van der Waals surface area contributed by atoms with E-state index in [1.54, 1.807) is 6.07 Å². The SMILES string of the molecule is O=C(Nc1cccc(CN2C(=O)CNC2=O)c1)C1CCC1. The van der Waals surface area contributed by atoms with E-state index in [4.69, 9.17) is 0 Å². The van der Waals surface area contributed by atoms with E-state index in [9.17, 15) is 14.4 Å². The van der Waals surface area contributed by atoms with Crippen molar-refractivity contribution in [2.75, 3.05) is 11.9 Å². The van der Waals surface area contributed by atoms with E-state index in [2.05, 4.69) is 10.6 Å². The highest BCUT2D eigenvalue weighted by molar-refractivity contribution is 6.01. The van der Waals surface area contributed by atoms with Crippen molar-refractivity contribution >= 4 is 23.5 Å². The summed E-state index contributed by atoms with van der Waals surface area (Å²) in [6.07, 6.45) is 3.02. The smallest absolute Gasteiger partial charge is 0.324 e. The van der Waals surface area contributed by atoms with Crippen molar-refractivity contribution in [3.63, 3.8) is 0 Å². The van der Waals surface area contributed by atoms with Gasteiger partial charge in [-0.05, 0) is 30.5 Å². The molecular weight excluding hydrogens is 270 g/mol. The minimum absolute atomic E-state index is 0.0494. The second-order valence-corrected chi connectivity index (χ2v) is 5.46. The maximum atomic E-state index is 11.9. The van der Waals surface area contributed by atoms with Gasteiger partial charge >= 0.3 is 6.03 Å². The van der Waals surface area contributed by atoms with Crippen molar-refractivity contribution in [3.05, 3.63) is 29.8 Å². The molecule has 0 aromatic heterocycles. The van der Waals surface area contributed by atoms with Crippen molar-refractivity contribution in [3.8, 4) is 0 Å². The number of nitrogens with one attached hydrogen (secondary N) is 2. The molecule has 0 atom stereocenters. The van der Waals surface area contributed by atoms with Gasteiger partial charge in [-0.2, -0.15) is 0 Å². The molecule has 6 heteroatoms. The predicted molar refractivity (Wildman–Crippen MR) is 76.4 cm³/mol. The highest BCUT2D eigenvalue weighted by Crippen LogP contribution is 2.27. The minimum atomic E-state index is -0.371. The number of anilines is 1. The van der Waals surface area contributed by atoms with Crippen molar-refractivity contribution in [2.45, 2.75) is 25.8 Å². The highest BCUT2D eigenvalue weighted by Gasteiger charge is 2.28. The molecule has 2 N–H and O–H groups in total. The third-order valence-corrected chi connectivity index (χ3v) is 3.95. The summed E-state index contributed by atoms with van der Waals surface area (Å²) in [5.74, 6) is -0.0584. The van der Waals surface area contributed by atoms with Gasteiger partial charge in [-0.25, -0.2) is 4.79 Å². The maximum Gasteiger partial charge on any atom is 0.324 e. The Morgan fingerprint density at radius 2 is 2.14 bits per heavy atom. The fourth-order valence-electron chi connectivity index (χ4n) is 2.46. The Kier molecular flexibility index (Phi) is 3.60. The lowest BCUT2D eigenvalue weighted by Gasteiger charge is -2.24. The van der Waals surface area contributed by atoms with Crippen molar-refractivity contribution in [1.82, 2.24) is 10.2 Å². The fourth-order valence-corrected chi connectivity index (χ4v) is 2.46. The van der Waals surface area contributed by atoms with E-state index >= 15 is 0 Å². The van der Waals surface area contributed by atoms with Gasteiger partial charge in [0.05, 0.1) is 13.1 Å². The van der Waals surface area contributed by atoms with Gasteiger partial charge in [0, 0.05) is 11.6 Å². The largest absolute Gasteiger partial charge is 0.329 e. The lowest BCUT2D eigenvalue weighted by Crippen LogP contribution is -2.30. The number of imide groups is 1. The van der Waals surface area contributed by atoms with E-state index in [-0.39, 0.29) is 36.9 Å². The maximum absolute atomic E-state index is 11.9. The van der Waals surface area contributed by atoms with Crippen LogP contribution in [0.25, 0.3) is 0 Å². The molecule has 2 fully saturated rings. The molecule has 1 aromatic rings. The zero-order valence-electron chi connectivity index (χ0n) is 11.6. The molecule has 1 saturated carbocycles. The Labute approximate surface area is 122 Å². The summed E-state index contributed by atoms with van der Waals surface area (Å²) in [4.78, 5) is 36.2. The number of benzene rings is 1. The Morgan fingerprint density at radius 3 is 2.76 bits per heavy atom. The number of rotatable bonds is 4. The Hall–Kier alpha value is -2.37. The average Bonchev–Trinajstić information content (AvgIpc) is 2.69. The normalized spacial score (nSPS) is 18.4. The fraction of sp³-hybridized carbons (Fsp3) is 0.400. The van der Waals surface area contributed by atoms with Gasteiger partial charge in [0.15, 0.2) is 0 Å². The topological polar surface area (TPSA) is 78.5 Å². The van der Waals surface area contributed by atoms with E-state index in [0.29, 0.717) is 5.69 Å². The average molecular weight is 287 g/mol. The molecule has 0 spiro atoms. The van der Waals surface area contributed by atoms with Gasteiger partial charge in [-0.3, -0.25) is 14.5 Å². The molecule has 1 saturated heterocycles. The van der Waals surface area contributed by atoms with Crippen molar-refractivity contribution < 1.29 is 14.4 Å². The molecule has 3 rings (SSSR count). The molecular formula is C15H17N3O3. The van der Waals surface area contributed by atoms with Gasteiger partial charge in [-0.15, -0.1) is 0 Å². The summed E-state index contributed by atoms with van der Waals surface area (Å²) < 4.78 is 0. The first-order valence-electron chi connectivity index (χ1n) is 7.11. The number of nitrogens with zero attached hydrogens (tertiary/aromatic N) is 1. The van der Waals surface area contributed by atoms with Crippen LogP contribution in [0.15, 0.2) is 24.3 Å². The molecule has 1 heterocycles. The first-order valence-corrected chi connectivity index (χ1v) is 7.11. The standard InChI is InChI=1S/C15H17N3O3/c19-13-8-16-15(21)18(13)9-10-3-1-6-12(7-10)17-14(20)11-4-2-5-11/h1,3,6-7,11H,2,4-5,8-9H2,(H,16,21)(H,17,20). The van der Waals surface area contributed by atoms with E-state index in [1.807, 2.05) is 18.2 Å². The Morgan fingerprint density at radius 1 is 1.33 bits per heavy atom. The Balaban J connectivity index is 1.66. The number of carbonyl (C=O) groups is 3. The number of carbonyl (C=O) groups excluding carboxylic acids is 3. The second-order valence-electron chi connectivity index (χ2n) is 5.46. The highest BCUT2D eigenvalue weighted by atomic mass is 16.2. The van der Waals surface area contributed by atoms with Crippen LogP contribution in [0.3, 0.4) is 0 Å². The molecule has 6 nitrogen and oxygen atoms in total. The third-order valence-electron chi connectivity index (χ3n) is 3.95. The van der Waals surface area contributed by atoms with Crippen LogP contribution in [0.5, 0.6) is 0 Å². The lowest BCUT2D eigenvalue weighted by molar-refractivity contribution is -0.125. The number of urea groups is 1. The molecule has 0 bridgehead atoms. The predicted octanol–water partition coefficient (Wildman–Crippen LogP) is 1.48. The van der Waals surface area contributed by atoms with Gasteiger partial charge < -0.3 is 10.6 Å². The van der Waals surface area contributed by atoms with Crippen molar-refractivity contribution in [2.24, 2.45) is 5.92 Å². The third kappa shape index (κ3) is 2.89. The van der Waals surface area contributed by atoms with Gasteiger partial charge in [0.25, 0.3) is 0 Å². The lowest BCUT2D eigenvalue weighted by atomic mass is 9.85. The molecule has 1 aliphatic carbocycles. The number of hydrogen-bond acceptors (Lipinski definition) is 3. The summed E-state index contributed by atoms with van der Waals surface area (Å²) in [5, 5.41) is 5.37. The van der Waals surface area contributed by atoms with Crippen LogP contribution >= 0.6 is 0 Å². The van der Waals surface area contributed by atoms with Gasteiger partial charge in [0.1, 0.15) is 0 Å². The van der Waals surface area contributed by atoms with E-state index in [1.165, 1.54) is 4.90 Å². The first kappa shape index (κ1) is 13.6. The molecule has 1 aromatic carbocycles.